The quantitative estimate of drug-likeness (QED) is 0.379. The van der Waals surface area contributed by atoms with Gasteiger partial charge in [0.15, 0.2) is 6.61 Å². The summed E-state index contributed by atoms with van der Waals surface area (Å²) in [5.41, 5.74) is 0.981. The van der Waals surface area contributed by atoms with Crippen LogP contribution in [-0.4, -0.2) is 26.8 Å². The number of ether oxygens (including phenoxy) is 1. The Labute approximate surface area is 182 Å². The van der Waals surface area contributed by atoms with Crippen LogP contribution in [0.1, 0.15) is 32.0 Å². The largest absolute Gasteiger partial charge is 0.468 e. The van der Waals surface area contributed by atoms with Crippen LogP contribution in [0, 0.1) is 6.92 Å². The number of ketones is 1. The van der Waals surface area contributed by atoms with Crippen molar-refractivity contribution in [2.24, 2.45) is 0 Å². The number of hydrogen-bond acceptors (Lipinski definition) is 6. The molecule has 0 fully saturated rings. The summed E-state index contributed by atoms with van der Waals surface area (Å²) < 4.78 is 38.3. The van der Waals surface area contributed by atoms with Gasteiger partial charge >= 0.3 is 5.97 Å². The summed E-state index contributed by atoms with van der Waals surface area (Å²) in [6.45, 7) is 1.16. The van der Waals surface area contributed by atoms with Crippen LogP contribution in [0.25, 0.3) is 0 Å². The van der Waals surface area contributed by atoms with Crippen molar-refractivity contribution in [2.45, 2.75) is 18.4 Å². The first-order chi connectivity index (χ1) is 14.3. The van der Waals surface area contributed by atoms with Gasteiger partial charge in [-0.1, -0.05) is 40.2 Å². The minimum atomic E-state index is -3.88. The third kappa shape index (κ3) is 5.24. The number of Topliss-reactive ketones (excluding diaryl/α,β-unsaturated/α-hetero) is 1. The molecule has 2 aromatic carbocycles. The Balaban J connectivity index is 1.71. The lowest BCUT2D eigenvalue weighted by molar-refractivity contribution is 0.0473. The minimum Gasteiger partial charge on any atom is -0.468 e. The molecule has 7 nitrogen and oxygen atoms in total. The van der Waals surface area contributed by atoms with E-state index in [9.17, 15) is 18.0 Å². The van der Waals surface area contributed by atoms with Crippen LogP contribution in [0.5, 0.6) is 0 Å². The first kappa shape index (κ1) is 21.9. The van der Waals surface area contributed by atoms with Gasteiger partial charge in [0, 0.05) is 10.0 Å². The van der Waals surface area contributed by atoms with Crippen molar-refractivity contribution in [2.75, 3.05) is 6.61 Å². The number of hydrogen-bond donors (Lipinski definition) is 1. The van der Waals surface area contributed by atoms with E-state index in [0.29, 0.717) is 21.4 Å². The van der Waals surface area contributed by atoms with Crippen molar-refractivity contribution >= 4 is 37.7 Å². The molecule has 0 amide bonds. The summed E-state index contributed by atoms with van der Waals surface area (Å²) in [7, 11) is -3.88. The van der Waals surface area contributed by atoms with Gasteiger partial charge in [0.2, 0.25) is 15.8 Å². The van der Waals surface area contributed by atoms with Gasteiger partial charge in [-0.3, -0.25) is 4.79 Å². The van der Waals surface area contributed by atoms with E-state index < -0.39 is 22.6 Å². The number of halogens is 1. The molecule has 156 valence electrons. The maximum atomic E-state index is 12.5. The lowest BCUT2D eigenvalue weighted by Crippen LogP contribution is -2.23. The van der Waals surface area contributed by atoms with Crippen LogP contribution in [-0.2, 0) is 21.3 Å². The lowest BCUT2D eigenvalue weighted by atomic mass is 10.1. The zero-order valence-corrected chi connectivity index (χ0v) is 18.3. The molecule has 9 heteroatoms. The minimum absolute atomic E-state index is 0.0244. The van der Waals surface area contributed by atoms with Crippen molar-refractivity contribution in [3.63, 3.8) is 0 Å². The molecule has 1 N–H and O–H groups in total. The molecule has 3 rings (SSSR count). The molecule has 1 heterocycles. The van der Waals surface area contributed by atoms with Crippen LogP contribution < -0.4 is 4.72 Å². The highest BCUT2D eigenvalue weighted by Gasteiger charge is 2.20. The standard InChI is InChI=1S/C21H18BrNO6S/c1-14-8-9-16(30(26,27)23-12-15-5-4-10-28-15)11-18(14)21(25)29-13-20(24)17-6-2-3-7-19(17)22/h2-11,23H,12-13H2,1H3. The molecule has 0 radical (unpaired) electrons. The van der Waals surface area contributed by atoms with Crippen LogP contribution >= 0.6 is 15.9 Å². The Morgan fingerprint density at radius 2 is 1.83 bits per heavy atom. The van der Waals surface area contributed by atoms with Gasteiger partial charge < -0.3 is 9.15 Å². The van der Waals surface area contributed by atoms with E-state index in [1.54, 1.807) is 43.3 Å². The fraction of sp³-hybridized carbons (Fsp3) is 0.143. The summed E-state index contributed by atoms with van der Waals surface area (Å²) in [6, 6.07) is 14.2. The number of sulfonamides is 1. The number of nitrogens with one attached hydrogen (secondary N) is 1. The molecule has 0 bridgehead atoms. The molecular weight excluding hydrogens is 474 g/mol. The van der Waals surface area contributed by atoms with Crippen molar-refractivity contribution in [3.8, 4) is 0 Å². The smallest absolute Gasteiger partial charge is 0.338 e. The molecule has 0 unspecified atom stereocenters. The van der Waals surface area contributed by atoms with Gasteiger partial charge in [-0.05, 0) is 42.8 Å². The molecular formula is C21H18BrNO6S. The summed E-state index contributed by atoms with van der Waals surface area (Å²) >= 11 is 3.28. The van der Waals surface area contributed by atoms with E-state index in [2.05, 4.69) is 20.7 Å². The van der Waals surface area contributed by atoms with Crippen molar-refractivity contribution in [1.29, 1.82) is 0 Å². The first-order valence-electron chi connectivity index (χ1n) is 8.85. The van der Waals surface area contributed by atoms with Gasteiger partial charge in [0.1, 0.15) is 5.76 Å². The number of rotatable bonds is 8. The molecule has 0 aliphatic heterocycles. The van der Waals surface area contributed by atoms with Crippen molar-refractivity contribution < 1.29 is 27.2 Å². The van der Waals surface area contributed by atoms with Crippen LogP contribution in [0.2, 0.25) is 0 Å². The highest BCUT2D eigenvalue weighted by atomic mass is 79.9. The number of carbonyl (C=O) groups excluding carboxylic acids is 2. The topological polar surface area (TPSA) is 103 Å². The molecule has 0 saturated heterocycles. The highest BCUT2D eigenvalue weighted by Crippen LogP contribution is 2.19. The molecule has 0 spiro atoms. The molecule has 1 aromatic heterocycles. The SMILES string of the molecule is Cc1ccc(S(=O)(=O)NCc2ccco2)cc1C(=O)OCC(=O)c1ccccc1Br. The Morgan fingerprint density at radius 1 is 1.07 bits per heavy atom. The third-order valence-corrected chi connectivity index (χ3v) is 6.35. The average molecular weight is 492 g/mol. The summed E-state index contributed by atoms with van der Waals surface area (Å²) in [4.78, 5) is 24.7. The molecule has 0 saturated carbocycles. The lowest BCUT2D eigenvalue weighted by Gasteiger charge is -2.10. The molecule has 0 atom stereocenters. The number of esters is 1. The zero-order chi connectivity index (χ0) is 21.7. The summed E-state index contributed by atoms with van der Waals surface area (Å²) in [5.74, 6) is -0.704. The third-order valence-electron chi connectivity index (χ3n) is 4.26. The fourth-order valence-electron chi connectivity index (χ4n) is 2.62. The van der Waals surface area contributed by atoms with Gasteiger partial charge in [0.25, 0.3) is 0 Å². The van der Waals surface area contributed by atoms with Crippen molar-refractivity contribution in [1.82, 2.24) is 4.72 Å². The normalized spacial score (nSPS) is 11.3. The first-order valence-corrected chi connectivity index (χ1v) is 11.1. The Bertz CT molecular complexity index is 1170. The monoisotopic (exact) mass is 491 g/mol. The maximum Gasteiger partial charge on any atom is 0.338 e. The maximum absolute atomic E-state index is 12.5. The van der Waals surface area contributed by atoms with Crippen LogP contribution in [0.15, 0.2) is 74.6 Å². The second-order valence-electron chi connectivity index (χ2n) is 6.36. The molecule has 0 aliphatic rings. The predicted molar refractivity (Wildman–Crippen MR) is 113 cm³/mol. The molecule has 0 aliphatic carbocycles. The van der Waals surface area contributed by atoms with E-state index in [1.807, 2.05) is 0 Å². The number of furan rings is 1. The van der Waals surface area contributed by atoms with Crippen LogP contribution in [0.4, 0.5) is 0 Å². The second-order valence-corrected chi connectivity index (χ2v) is 8.98. The second kappa shape index (κ2) is 9.38. The number of carbonyl (C=O) groups is 2. The summed E-state index contributed by atoms with van der Waals surface area (Å²) in [6.07, 6.45) is 1.44. The Morgan fingerprint density at radius 3 is 2.53 bits per heavy atom. The average Bonchev–Trinajstić information content (AvgIpc) is 3.24. The molecule has 30 heavy (non-hydrogen) atoms. The number of benzene rings is 2. The van der Waals surface area contributed by atoms with E-state index in [4.69, 9.17) is 9.15 Å². The van der Waals surface area contributed by atoms with E-state index >= 15 is 0 Å². The molecule has 3 aromatic rings. The van der Waals surface area contributed by atoms with E-state index in [1.165, 1.54) is 24.5 Å². The zero-order valence-electron chi connectivity index (χ0n) is 15.9. The van der Waals surface area contributed by atoms with Gasteiger partial charge in [-0.25, -0.2) is 17.9 Å². The summed E-state index contributed by atoms with van der Waals surface area (Å²) in [5, 5.41) is 0. The fourth-order valence-corrected chi connectivity index (χ4v) is 4.15. The van der Waals surface area contributed by atoms with E-state index in [-0.39, 0.29) is 22.8 Å². The van der Waals surface area contributed by atoms with Gasteiger partial charge in [-0.2, -0.15) is 0 Å². The number of aryl methyl sites for hydroxylation is 1. The Kier molecular flexibility index (Phi) is 6.86. The van der Waals surface area contributed by atoms with E-state index in [0.717, 1.165) is 0 Å². The Hall–Kier alpha value is -2.75. The van der Waals surface area contributed by atoms with Gasteiger partial charge in [0.05, 0.1) is 23.3 Å². The van der Waals surface area contributed by atoms with Crippen LogP contribution in [0.3, 0.4) is 0 Å². The predicted octanol–water partition coefficient (Wildman–Crippen LogP) is 3.87. The van der Waals surface area contributed by atoms with Gasteiger partial charge in [-0.15, -0.1) is 0 Å². The highest BCUT2D eigenvalue weighted by molar-refractivity contribution is 9.10. The van der Waals surface area contributed by atoms with Crippen molar-refractivity contribution in [3.05, 3.63) is 87.8 Å².